The average molecular weight is 221 g/mol. The second kappa shape index (κ2) is 3.89. The maximum atomic E-state index is 13.3. The lowest BCUT2D eigenvalue weighted by atomic mass is 9.93. The van der Waals surface area contributed by atoms with Gasteiger partial charge in [-0.15, -0.1) is 0 Å². The molecule has 0 aromatic heterocycles. The molecule has 1 saturated heterocycles. The van der Waals surface area contributed by atoms with Crippen molar-refractivity contribution in [3.05, 3.63) is 29.6 Å². The molecule has 2 nitrogen and oxygen atoms in total. The van der Waals surface area contributed by atoms with E-state index in [0.717, 1.165) is 25.2 Å². The van der Waals surface area contributed by atoms with E-state index >= 15 is 0 Å². The molecular weight excluding hydrogens is 205 g/mol. The first-order valence-electron chi connectivity index (χ1n) is 5.51. The number of anilines is 1. The van der Waals surface area contributed by atoms with E-state index in [-0.39, 0.29) is 11.2 Å². The van der Waals surface area contributed by atoms with Gasteiger partial charge in [-0.2, -0.15) is 0 Å². The Kier molecular flexibility index (Phi) is 2.70. The molecule has 0 saturated carbocycles. The molecule has 3 heteroatoms. The number of hydrogen-bond donors (Lipinski definition) is 0. The first-order chi connectivity index (χ1) is 7.50. The Bertz CT molecular complexity index is 414. The predicted molar refractivity (Wildman–Crippen MR) is 62.4 cm³/mol. The van der Waals surface area contributed by atoms with Crippen molar-refractivity contribution in [2.24, 2.45) is 5.41 Å². The van der Waals surface area contributed by atoms with Crippen molar-refractivity contribution in [3.63, 3.8) is 0 Å². The molecule has 0 radical (unpaired) electrons. The van der Waals surface area contributed by atoms with Crippen LogP contribution < -0.4 is 4.90 Å². The lowest BCUT2D eigenvalue weighted by molar-refractivity contribution is 0.112. The van der Waals surface area contributed by atoms with Crippen molar-refractivity contribution < 1.29 is 9.18 Å². The van der Waals surface area contributed by atoms with Gasteiger partial charge in [-0.05, 0) is 30.0 Å². The highest BCUT2D eigenvalue weighted by Gasteiger charge is 2.29. The van der Waals surface area contributed by atoms with Gasteiger partial charge in [0.2, 0.25) is 0 Å². The predicted octanol–water partition coefficient (Wildman–Crippen LogP) is 2.87. The fraction of sp³-hybridized carbons (Fsp3) is 0.462. The number of halogens is 1. The smallest absolute Gasteiger partial charge is 0.150 e. The first-order valence-corrected chi connectivity index (χ1v) is 5.51. The number of carbonyl (C=O) groups excluding carboxylic acids is 1. The summed E-state index contributed by atoms with van der Waals surface area (Å²) in [6.07, 6.45) is 1.79. The van der Waals surface area contributed by atoms with Crippen LogP contribution in [0.5, 0.6) is 0 Å². The molecule has 1 aromatic rings. The molecule has 0 unspecified atom stereocenters. The van der Waals surface area contributed by atoms with Crippen LogP contribution in [0.1, 0.15) is 30.6 Å². The van der Waals surface area contributed by atoms with Crippen LogP contribution >= 0.6 is 0 Å². The highest BCUT2D eigenvalue weighted by Crippen LogP contribution is 2.32. The number of aldehydes is 1. The van der Waals surface area contributed by atoms with E-state index in [0.29, 0.717) is 11.8 Å². The second-order valence-corrected chi connectivity index (χ2v) is 5.20. The summed E-state index contributed by atoms with van der Waals surface area (Å²) in [6, 6.07) is 4.50. The maximum Gasteiger partial charge on any atom is 0.150 e. The zero-order valence-electron chi connectivity index (χ0n) is 9.66. The van der Waals surface area contributed by atoms with Gasteiger partial charge in [0.05, 0.1) is 0 Å². The first kappa shape index (κ1) is 11.1. The van der Waals surface area contributed by atoms with E-state index in [9.17, 15) is 9.18 Å². The second-order valence-electron chi connectivity index (χ2n) is 5.20. The minimum atomic E-state index is -0.343. The maximum absolute atomic E-state index is 13.3. The van der Waals surface area contributed by atoms with Gasteiger partial charge in [0.25, 0.3) is 0 Å². The average Bonchev–Trinajstić information content (AvgIpc) is 2.58. The molecule has 1 heterocycles. The summed E-state index contributed by atoms with van der Waals surface area (Å²) >= 11 is 0. The minimum absolute atomic E-state index is 0.271. The van der Waals surface area contributed by atoms with Gasteiger partial charge in [0.15, 0.2) is 0 Å². The Morgan fingerprint density at radius 1 is 1.38 bits per heavy atom. The van der Waals surface area contributed by atoms with Gasteiger partial charge in [-0.25, -0.2) is 4.39 Å². The van der Waals surface area contributed by atoms with Crippen molar-refractivity contribution >= 4 is 12.0 Å². The lowest BCUT2D eigenvalue weighted by Crippen LogP contribution is -2.22. The van der Waals surface area contributed by atoms with E-state index < -0.39 is 0 Å². The molecule has 2 rings (SSSR count). The molecule has 1 aromatic carbocycles. The fourth-order valence-electron chi connectivity index (χ4n) is 2.18. The number of benzene rings is 1. The highest BCUT2D eigenvalue weighted by molar-refractivity contribution is 5.77. The van der Waals surface area contributed by atoms with Gasteiger partial charge in [0.1, 0.15) is 12.1 Å². The summed E-state index contributed by atoms with van der Waals surface area (Å²) in [5, 5.41) is 0. The van der Waals surface area contributed by atoms with Crippen molar-refractivity contribution in [2.75, 3.05) is 18.0 Å². The number of rotatable bonds is 2. The van der Waals surface area contributed by atoms with Crippen molar-refractivity contribution in [3.8, 4) is 0 Å². The van der Waals surface area contributed by atoms with Crippen molar-refractivity contribution in [2.45, 2.75) is 20.3 Å². The molecular formula is C13H16FNO. The zero-order valence-corrected chi connectivity index (χ0v) is 9.66. The summed E-state index contributed by atoms with van der Waals surface area (Å²) < 4.78 is 13.3. The van der Waals surface area contributed by atoms with Gasteiger partial charge >= 0.3 is 0 Å². The van der Waals surface area contributed by atoms with Crippen LogP contribution in [-0.4, -0.2) is 19.4 Å². The molecule has 0 amide bonds. The third-order valence-corrected chi connectivity index (χ3v) is 3.08. The number of hydrogen-bond acceptors (Lipinski definition) is 2. The Morgan fingerprint density at radius 2 is 2.12 bits per heavy atom. The summed E-state index contributed by atoms with van der Waals surface area (Å²) in [5.74, 6) is -0.343. The molecule has 0 aliphatic carbocycles. The van der Waals surface area contributed by atoms with Gasteiger partial charge in [-0.1, -0.05) is 13.8 Å². The van der Waals surface area contributed by atoms with Crippen LogP contribution in [-0.2, 0) is 0 Å². The van der Waals surface area contributed by atoms with Crippen LogP contribution in [0.4, 0.5) is 10.1 Å². The molecule has 0 atom stereocenters. The Morgan fingerprint density at radius 3 is 2.69 bits per heavy atom. The third-order valence-electron chi connectivity index (χ3n) is 3.08. The summed E-state index contributed by atoms with van der Waals surface area (Å²) in [5.41, 5.74) is 1.49. The molecule has 0 N–H and O–H groups in total. The van der Waals surface area contributed by atoms with E-state index in [2.05, 4.69) is 18.7 Å². The van der Waals surface area contributed by atoms with E-state index in [1.807, 2.05) is 0 Å². The molecule has 86 valence electrons. The van der Waals surface area contributed by atoms with E-state index in [1.165, 1.54) is 12.1 Å². The Labute approximate surface area is 95.1 Å². The van der Waals surface area contributed by atoms with Crippen molar-refractivity contribution in [1.82, 2.24) is 0 Å². The van der Waals surface area contributed by atoms with Crippen LogP contribution in [0.2, 0.25) is 0 Å². The Hall–Kier alpha value is -1.38. The third kappa shape index (κ3) is 2.23. The SMILES string of the molecule is CC1(C)CCN(c2cc(F)cc(C=O)c2)C1. The molecule has 0 bridgehead atoms. The standard InChI is InChI=1S/C13H16FNO/c1-13(2)3-4-15(9-13)12-6-10(8-16)5-11(14)7-12/h5-8H,3-4,9H2,1-2H3. The van der Waals surface area contributed by atoms with Crippen LogP contribution in [0.15, 0.2) is 18.2 Å². The quantitative estimate of drug-likeness (QED) is 0.716. The summed E-state index contributed by atoms with van der Waals surface area (Å²) in [6.45, 7) is 6.24. The van der Waals surface area contributed by atoms with E-state index in [1.54, 1.807) is 6.07 Å². The Balaban J connectivity index is 2.27. The molecule has 0 spiro atoms. The van der Waals surface area contributed by atoms with Gasteiger partial charge < -0.3 is 4.90 Å². The summed E-state index contributed by atoms with van der Waals surface area (Å²) in [4.78, 5) is 12.8. The monoisotopic (exact) mass is 221 g/mol. The van der Waals surface area contributed by atoms with Crippen molar-refractivity contribution in [1.29, 1.82) is 0 Å². The summed E-state index contributed by atoms with van der Waals surface area (Å²) in [7, 11) is 0. The van der Waals surface area contributed by atoms with Crippen LogP contribution in [0.3, 0.4) is 0 Å². The number of carbonyl (C=O) groups is 1. The zero-order chi connectivity index (χ0) is 11.8. The number of nitrogens with zero attached hydrogens (tertiary/aromatic N) is 1. The normalized spacial score (nSPS) is 18.8. The molecule has 1 fully saturated rings. The van der Waals surface area contributed by atoms with Gasteiger partial charge in [-0.3, -0.25) is 4.79 Å². The minimum Gasteiger partial charge on any atom is -0.371 e. The van der Waals surface area contributed by atoms with Crippen LogP contribution in [0, 0.1) is 11.2 Å². The molecule has 1 aliphatic heterocycles. The fourth-order valence-corrected chi connectivity index (χ4v) is 2.18. The largest absolute Gasteiger partial charge is 0.371 e. The highest BCUT2D eigenvalue weighted by atomic mass is 19.1. The molecule has 16 heavy (non-hydrogen) atoms. The van der Waals surface area contributed by atoms with E-state index in [4.69, 9.17) is 0 Å². The van der Waals surface area contributed by atoms with Crippen LogP contribution in [0.25, 0.3) is 0 Å². The van der Waals surface area contributed by atoms with Gasteiger partial charge in [0, 0.05) is 24.3 Å². The lowest BCUT2D eigenvalue weighted by Gasteiger charge is -2.21. The molecule has 1 aliphatic rings. The topological polar surface area (TPSA) is 20.3 Å².